The van der Waals surface area contributed by atoms with Gasteiger partial charge >= 0.3 is 0 Å². The Balaban J connectivity index is 1.37. The van der Waals surface area contributed by atoms with Crippen molar-refractivity contribution in [3.63, 3.8) is 0 Å². The molecule has 0 radical (unpaired) electrons. The number of aromatic nitrogens is 4. The van der Waals surface area contributed by atoms with Crippen molar-refractivity contribution in [3.05, 3.63) is 90.1 Å². The number of rotatable bonds is 6. The highest BCUT2D eigenvalue weighted by Crippen LogP contribution is 2.43. The molecule has 1 aliphatic rings. The Morgan fingerprint density at radius 3 is 2.47 bits per heavy atom. The van der Waals surface area contributed by atoms with Crippen LogP contribution in [0.3, 0.4) is 0 Å². The molecule has 0 saturated heterocycles. The highest BCUT2D eigenvalue weighted by atomic mass is 32.2. The van der Waals surface area contributed by atoms with Gasteiger partial charge in [-0.05, 0) is 68.1 Å². The van der Waals surface area contributed by atoms with Crippen LogP contribution in [0.5, 0.6) is 5.75 Å². The molecule has 3 aromatic heterocycles. The Labute approximate surface area is 221 Å². The van der Waals surface area contributed by atoms with Gasteiger partial charge in [0, 0.05) is 12.1 Å². The van der Waals surface area contributed by atoms with Gasteiger partial charge in [0.05, 0.1) is 46.1 Å². The van der Waals surface area contributed by atoms with Gasteiger partial charge in [-0.25, -0.2) is 22.4 Å². The van der Waals surface area contributed by atoms with E-state index in [4.69, 9.17) is 15.0 Å². The predicted molar refractivity (Wildman–Crippen MR) is 144 cm³/mol. The molecular formula is C29H27N5O3S. The SMILES string of the molecule is CCC1C[C@@H](Oc2ccc(C#N)cc2)C[C@@H]1c1ncc2cnc3c(ccn3S(=O)(=O)c3ccc(C)cc3)n12. The van der Waals surface area contributed by atoms with Crippen LogP contribution in [-0.2, 0) is 10.0 Å². The molecule has 3 heterocycles. The largest absolute Gasteiger partial charge is 0.490 e. The van der Waals surface area contributed by atoms with Crippen molar-refractivity contribution in [3.8, 4) is 11.8 Å². The highest BCUT2D eigenvalue weighted by Gasteiger charge is 2.38. The number of aryl methyl sites for hydroxylation is 1. The number of nitriles is 1. The molecular weight excluding hydrogens is 498 g/mol. The van der Waals surface area contributed by atoms with Gasteiger partial charge in [0.1, 0.15) is 11.6 Å². The number of fused-ring (bicyclic) bond motifs is 3. The quantitative estimate of drug-likeness (QED) is 0.292. The van der Waals surface area contributed by atoms with Crippen molar-refractivity contribution in [1.29, 1.82) is 5.26 Å². The van der Waals surface area contributed by atoms with Crippen LogP contribution in [0.25, 0.3) is 16.7 Å². The van der Waals surface area contributed by atoms with Gasteiger partial charge < -0.3 is 4.74 Å². The van der Waals surface area contributed by atoms with Gasteiger partial charge in [-0.3, -0.25) is 4.40 Å². The number of ether oxygens (including phenoxy) is 1. The van der Waals surface area contributed by atoms with Crippen molar-refractivity contribution in [2.75, 3.05) is 0 Å². The summed E-state index contributed by atoms with van der Waals surface area (Å²) in [5.41, 5.74) is 3.49. The van der Waals surface area contributed by atoms with Crippen LogP contribution in [0.1, 0.15) is 49.1 Å². The molecule has 1 saturated carbocycles. The maximum atomic E-state index is 13.5. The summed E-state index contributed by atoms with van der Waals surface area (Å²) in [7, 11) is -3.81. The van der Waals surface area contributed by atoms with Crippen LogP contribution in [-0.4, -0.2) is 32.9 Å². The molecule has 1 unspecified atom stereocenters. The van der Waals surface area contributed by atoms with E-state index >= 15 is 0 Å². The first-order valence-corrected chi connectivity index (χ1v) is 14.2. The first kappa shape index (κ1) is 24.2. The fourth-order valence-corrected chi connectivity index (χ4v) is 6.87. The normalized spacial score (nSPS) is 19.7. The van der Waals surface area contributed by atoms with Crippen molar-refractivity contribution < 1.29 is 13.2 Å². The molecule has 0 amide bonds. The van der Waals surface area contributed by atoms with Crippen molar-refractivity contribution in [2.24, 2.45) is 5.92 Å². The second-order valence-electron chi connectivity index (χ2n) is 9.90. The third-order valence-electron chi connectivity index (χ3n) is 7.55. The Bertz CT molecular complexity index is 1780. The molecule has 3 atom stereocenters. The smallest absolute Gasteiger partial charge is 0.269 e. The van der Waals surface area contributed by atoms with E-state index in [-0.39, 0.29) is 16.9 Å². The summed E-state index contributed by atoms with van der Waals surface area (Å²) >= 11 is 0. The Morgan fingerprint density at radius 2 is 1.76 bits per heavy atom. The monoisotopic (exact) mass is 525 g/mol. The third kappa shape index (κ3) is 4.02. The van der Waals surface area contributed by atoms with Crippen molar-refractivity contribution >= 4 is 26.7 Å². The molecule has 0 spiro atoms. The minimum atomic E-state index is -3.81. The first-order valence-electron chi connectivity index (χ1n) is 12.7. The molecule has 0 aliphatic heterocycles. The van der Waals surface area contributed by atoms with E-state index < -0.39 is 10.0 Å². The minimum absolute atomic E-state index is 0.0223. The van der Waals surface area contributed by atoms with Crippen LogP contribution in [0.15, 0.2) is 78.1 Å². The van der Waals surface area contributed by atoms with E-state index in [1.165, 1.54) is 3.97 Å². The number of nitrogens with zero attached hydrogens (tertiary/aromatic N) is 5. The van der Waals surface area contributed by atoms with Gasteiger partial charge in [-0.1, -0.05) is 31.0 Å². The zero-order valence-electron chi connectivity index (χ0n) is 21.2. The lowest BCUT2D eigenvalue weighted by Gasteiger charge is -2.17. The van der Waals surface area contributed by atoms with Crippen LogP contribution >= 0.6 is 0 Å². The molecule has 38 heavy (non-hydrogen) atoms. The topological polar surface area (TPSA) is 102 Å². The Hall–Kier alpha value is -4.16. The Morgan fingerprint density at radius 1 is 1.03 bits per heavy atom. The summed E-state index contributed by atoms with van der Waals surface area (Å²) < 4.78 is 36.5. The molecule has 5 aromatic rings. The molecule has 2 aromatic carbocycles. The molecule has 8 nitrogen and oxygen atoms in total. The zero-order valence-corrected chi connectivity index (χ0v) is 22.0. The number of benzene rings is 2. The summed E-state index contributed by atoms with van der Waals surface area (Å²) in [6.45, 7) is 4.10. The van der Waals surface area contributed by atoms with E-state index in [0.29, 0.717) is 22.6 Å². The third-order valence-corrected chi connectivity index (χ3v) is 9.23. The van der Waals surface area contributed by atoms with Gasteiger partial charge in [0.25, 0.3) is 10.0 Å². The highest BCUT2D eigenvalue weighted by molar-refractivity contribution is 7.90. The average Bonchev–Trinajstić information content (AvgIpc) is 3.65. The predicted octanol–water partition coefficient (Wildman–Crippen LogP) is 5.45. The van der Waals surface area contributed by atoms with E-state index in [1.807, 2.05) is 23.5 Å². The summed E-state index contributed by atoms with van der Waals surface area (Å²) in [4.78, 5) is 9.54. The van der Waals surface area contributed by atoms with E-state index in [2.05, 4.69) is 18.0 Å². The summed E-state index contributed by atoms with van der Waals surface area (Å²) in [6, 6.07) is 18.0. The second-order valence-corrected chi connectivity index (χ2v) is 11.7. The maximum absolute atomic E-state index is 13.5. The van der Waals surface area contributed by atoms with Gasteiger partial charge in [0.15, 0.2) is 5.65 Å². The standard InChI is InChI=1S/C29H27N5O3S/c1-3-21-14-24(37-23-8-6-20(16-30)7-9-23)15-26(21)28-31-17-22-18-32-29-27(34(22)28)12-13-33(29)38(35,36)25-10-4-19(2)5-11-25/h4-13,17-18,21,24,26H,3,14-15H2,1-2H3/t21?,24-,26+/m1/s1. The minimum Gasteiger partial charge on any atom is -0.490 e. The van der Waals surface area contributed by atoms with Crippen LogP contribution in [0, 0.1) is 24.2 Å². The lowest BCUT2D eigenvalue weighted by Crippen LogP contribution is -2.13. The van der Waals surface area contributed by atoms with Crippen LogP contribution in [0.4, 0.5) is 0 Å². The van der Waals surface area contributed by atoms with Gasteiger partial charge in [0.2, 0.25) is 0 Å². The molecule has 9 heteroatoms. The van der Waals surface area contributed by atoms with Crippen molar-refractivity contribution in [2.45, 2.75) is 50.0 Å². The summed E-state index contributed by atoms with van der Waals surface area (Å²) in [5.74, 6) is 2.16. The van der Waals surface area contributed by atoms with Crippen molar-refractivity contribution in [1.82, 2.24) is 18.3 Å². The van der Waals surface area contributed by atoms with E-state index in [0.717, 1.165) is 41.9 Å². The molecule has 1 aliphatic carbocycles. The average molecular weight is 526 g/mol. The summed E-state index contributed by atoms with van der Waals surface area (Å²) in [6.07, 6.45) is 7.74. The van der Waals surface area contributed by atoms with E-state index in [1.54, 1.807) is 61.1 Å². The fraction of sp³-hybridized carbons (Fsp3) is 0.276. The molecule has 0 N–H and O–H groups in total. The second kappa shape index (κ2) is 9.30. The van der Waals surface area contributed by atoms with Crippen LogP contribution in [0.2, 0.25) is 0 Å². The number of hydrogen-bond donors (Lipinski definition) is 0. The van der Waals surface area contributed by atoms with Crippen LogP contribution < -0.4 is 4.74 Å². The molecule has 192 valence electrons. The first-order chi connectivity index (χ1) is 18.4. The maximum Gasteiger partial charge on any atom is 0.269 e. The fourth-order valence-electron chi connectivity index (χ4n) is 5.57. The number of hydrogen-bond acceptors (Lipinski definition) is 6. The molecule has 6 rings (SSSR count). The number of imidazole rings is 1. The zero-order chi connectivity index (χ0) is 26.4. The van der Waals surface area contributed by atoms with E-state index in [9.17, 15) is 8.42 Å². The molecule has 0 bridgehead atoms. The van der Waals surface area contributed by atoms with Gasteiger partial charge in [-0.2, -0.15) is 5.26 Å². The lowest BCUT2D eigenvalue weighted by molar-refractivity contribution is 0.203. The lowest BCUT2D eigenvalue weighted by atomic mass is 9.93. The van der Waals surface area contributed by atoms with Gasteiger partial charge in [-0.15, -0.1) is 0 Å². The summed E-state index contributed by atoms with van der Waals surface area (Å²) in [5, 5.41) is 9.06. The Kier molecular flexibility index (Phi) is 5.92. The molecule has 1 fully saturated rings.